The Morgan fingerprint density at radius 1 is 1.33 bits per heavy atom. The maximum absolute atomic E-state index is 5.42. The Bertz CT molecular complexity index is 282. The average Bonchev–Trinajstić information content (AvgIpc) is 2.29. The first-order valence-electron chi connectivity index (χ1n) is 4.97. The summed E-state index contributed by atoms with van der Waals surface area (Å²) in [6.07, 6.45) is 0.788. The second kappa shape index (κ2) is 6.19. The number of aryl methyl sites for hydroxylation is 1. The molecule has 84 valence electrons. The fourth-order valence-electron chi connectivity index (χ4n) is 1.06. The molecule has 1 rings (SSSR count). The van der Waals surface area contributed by atoms with Crippen LogP contribution in [0.3, 0.4) is 0 Å². The van der Waals surface area contributed by atoms with Gasteiger partial charge >= 0.3 is 0 Å². The van der Waals surface area contributed by atoms with Gasteiger partial charge in [0.05, 0.1) is 6.61 Å². The van der Waals surface area contributed by atoms with Crippen molar-refractivity contribution in [3.8, 4) is 5.88 Å². The largest absolute Gasteiger partial charge is 0.475 e. The third-order valence-corrected chi connectivity index (χ3v) is 1.86. The Hall–Kier alpha value is -1.36. The van der Waals surface area contributed by atoms with E-state index in [9.17, 15) is 0 Å². The maximum Gasteiger partial charge on any atom is 0.218 e. The Balaban J connectivity index is 2.68. The quantitative estimate of drug-likeness (QED) is 0.714. The van der Waals surface area contributed by atoms with Crippen LogP contribution in [0.4, 0.5) is 5.82 Å². The normalized spacial score (nSPS) is 10.1. The molecule has 0 aliphatic heterocycles. The molecule has 0 radical (unpaired) electrons. The van der Waals surface area contributed by atoms with E-state index >= 15 is 0 Å². The first-order valence-corrected chi connectivity index (χ1v) is 4.97. The Morgan fingerprint density at radius 3 is 2.73 bits per heavy atom. The molecule has 0 saturated carbocycles. The summed E-state index contributed by atoms with van der Waals surface area (Å²) in [5.41, 5.74) is 0. The molecule has 15 heavy (non-hydrogen) atoms. The second-order valence-electron chi connectivity index (χ2n) is 2.95. The number of hydrogen-bond acceptors (Lipinski definition) is 5. The Kier molecular flexibility index (Phi) is 4.83. The van der Waals surface area contributed by atoms with Gasteiger partial charge in [0, 0.05) is 26.6 Å². The van der Waals surface area contributed by atoms with Gasteiger partial charge in [0.1, 0.15) is 18.2 Å². The van der Waals surface area contributed by atoms with Crippen molar-refractivity contribution in [2.45, 2.75) is 13.3 Å². The zero-order valence-electron chi connectivity index (χ0n) is 9.41. The lowest BCUT2D eigenvalue weighted by atomic mass is 10.4. The van der Waals surface area contributed by atoms with Crippen LogP contribution in [0.2, 0.25) is 0 Å². The van der Waals surface area contributed by atoms with E-state index in [0.29, 0.717) is 19.1 Å². The van der Waals surface area contributed by atoms with Crippen molar-refractivity contribution in [3.63, 3.8) is 0 Å². The first-order chi connectivity index (χ1) is 7.30. The minimum absolute atomic E-state index is 0.500. The predicted molar refractivity (Wildman–Crippen MR) is 58.3 cm³/mol. The van der Waals surface area contributed by atoms with Crippen LogP contribution in [0.25, 0.3) is 0 Å². The minimum atomic E-state index is 0.500. The van der Waals surface area contributed by atoms with Gasteiger partial charge in [-0.05, 0) is 0 Å². The number of aromatic nitrogens is 2. The highest BCUT2D eigenvalue weighted by molar-refractivity contribution is 5.37. The highest BCUT2D eigenvalue weighted by Gasteiger charge is 2.02. The molecule has 1 aromatic rings. The van der Waals surface area contributed by atoms with E-state index in [1.807, 2.05) is 14.0 Å². The van der Waals surface area contributed by atoms with Gasteiger partial charge in [0.2, 0.25) is 5.88 Å². The zero-order chi connectivity index (χ0) is 11.1. The van der Waals surface area contributed by atoms with Crippen LogP contribution in [0, 0.1) is 0 Å². The fraction of sp³-hybridized carbons (Fsp3) is 0.600. The molecule has 0 unspecified atom stereocenters. The van der Waals surface area contributed by atoms with E-state index in [4.69, 9.17) is 9.47 Å². The van der Waals surface area contributed by atoms with Gasteiger partial charge in [-0.25, -0.2) is 4.98 Å². The molecule has 0 aliphatic rings. The van der Waals surface area contributed by atoms with Crippen LogP contribution in [0.15, 0.2) is 6.07 Å². The SMILES string of the molecule is CCc1nc(NC)cc(OCCOC)n1. The zero-order valence-corrected chi connectivity index (χ0v) is 9.41. The summed E-state index contributed by atoms with van der Waals surface area (Å²) in [6.45, 7) is 3.06. The Labute approximate surface area is 89.8 Å². The molecule has 0 aromatic carbocycles. The molecule has 0 bridgehead atoms. The van der Waals surface area contributed by atoms with Crippen molar-refractivity contribution in [3.05, 3.63) is 11.9 Å². The number of anilines is 1. The van der Waals surface area contributed by atoms with Crippen LogP contribution in [-0.4, -0.2) is 37.3 Å². The van der Waals surface area contributed by atoms with Crippen molar-refractivity contribution >= 4 is 5.82 Å². The molecule has 1 aromatic heterocycles. The lowest BCUT2D eigenvalue weighted by Crippen LogP contribution is -2.08. The Morgan fingerprint density at radius 2 is 2.13 bits per heavy atom. The van der Waals surface area contributed by atoms with Crippen LogP contribution in [-0.2, 0) is 11.2 Å². The fourth-order valence-corrected chi connectivity index (χ4v) is 1.06. The van der Waals surface area contributed by atoms with Crippen molar-refractivity contribution < 1.29 is 9.47 Å². The number of nitrogens with zero attached hydrogens (tertiary/aromatic N) is 2. The number of rotatable bonds is 6. The van der Waals surface area contributed by atoms with Crippen LogP contribution in [0.5, 0.6) is 5.88 Å². The van der Waals surface area contributed by atoms with Gasteiger partial charge in [-0.3, -0.25) is 0 Å². The second-order valence-corrected chi connectivity index (χ2v) is 2.95. The van der Waals surface area contributed by atoms with Gasteiger partial charge in [-0.2, -0.15) is 4.98 Å². The number of ether oxygens (including phenoxy) is 2. The predicted octanol–water partition coefficient (Wildman–Crippen LogP) is 1.11. The summed E-state index contributed by atoms with van der Waals surface area (Å²) < 4.78 is 10.3. The summed E-state index contributed by atoms with van der Waals surface area (Å²) in [7, 11) is 3.46. The van der Waals surface area contributed by atoms with E-state index in [2.05, 4.69) is 15.3 Å². The molecule has 0 amide bonds. The van der Waals surface area contributed by atoms with Gasteiger partial charge in [-0.1, -0.05) is 6.92 Å². The smallest absolute Gasteiger partial charge is 0.218 e. The summed E-state index contributed by atoms with van der Waals surface area (Å²) in [5.74, 6) is 2.13. The van der Waals surface area contributed by atoms with E-state index < -0.39 is 0 Å². The van der Waals surface area contributed by atoms with Crippen LogP contribution in [0.1, 0.15) is 12.7 Å². The molecular formula is C10H17N3O2. The lowest BCUT2D eigenvalue weighted by molar-refractivity contribution is 0.143. The van der Waals surface area contributed by atoms with E-state index in [0.717, 1.165) is 18.1 Å². The molecular weight excluding hydrogens is 194 g/mol. The highest BCUT2D eigenvalue weighted by Crippen LogP contribution is 2.13. The third-order valence-electron chi connectivity index (χ3n) is 1.86. The van der Waals surface area contributed by atoms with E-state index in [-0.39, 0.29) is 0 Å². The van der Waals surface area contributed by atoms with E-state index in [1.54, 1.807) is 13.2 Å². The standard InChI is InChI=1S/C10H17N3O2/c1-4-8-12-9(11-2)7-10(13-8)15-6-5-14-3/h7H,4-6H2,1-3H3,(H,11,12,13). The van der Waals surface area contributed by atoms with Crippen LogP contribution >= 0.6 is 0 Å². The number of methoxy groups -OCH3 is 1. The van der Waals surface area contributed by atoms with Crippen molar-refractivity contribution in [2.75, 3.05) is 32.7 Å². The van der Waals surface area contributed by atoms with Gasteiger partial charge in [0.15, 0.2) is 0 Å². The van der Waals surface area contributed by atoms with Crippen molar-refractivity contribution in [1.29, 1.82) is 0 Å². The van der Waals surface area contributed by atoms with Gasteiger partial charge in [-0.15, -0.1) is 0 Å². The maximum atomic E-state index is 5.42. The summed E-state index contributed by atoms with van der Waals surface area (Å²) in [6, 6.07) is 1.77. The summed E-state index contributed by atoms with van der Waals surface area (Å²) in [4.78, 5) is 8.51. The average molecular weight is 211 g/mol. The molecule has 0 aliphatic carbocycles. The first kappa shape index (κ1) is 11.7. The van der Waals surface area contributed by atoms with Gasteiger partial charge in [0.25, 0.3) is 0 Å². The lowest BCUT2D eigenvalue weighted by Gasteiger charge is -2.07. The van der Waals surface area contributed by atoms with Crippen molar-refractivity contribution in [1.82, 2.24) is 9.97 Å². The van der Waals surface area contributed by atoms with Gasteiger partial charge < -0.3 is 14.8 Å². The topological polar surface area (TPSA) is 56.3 Å². The monoisotopic (exact) mass is 211 g/mol. The molecule has 0 spiro atoms. The molecule has 1 N–H and O–H groups in total. The molecule has 5 nitrogen and oxygen atoms in total. The molecule has 0 saturated heterocycles. The summed E-state index contributed by atoms with van der Waals surface area (Å²) in [5, 5.41) is 2.97. The highest BCUT2D eigenvalue weighted by atomic mass is 16.5. The minimum Gasteiger partial charge on any atom is -0.475 e. The molecule has 1 heterocycles. The van der Waals surface area contributed by atoms with E-state index in [1.165, 1.54) is 0 Å². The molecule has 0 fully saturated rings. The summed E-state index contributed by atoms with van der Waals surface area (Å²) >= 11 is 0. The number of nitrogens with one attached hydrogen (secondary N) is 1. The van der Waals surface area contributed by atoms with Crippen LogP contribution < -0.4 is 10.1 Å². The molecule has 0 atom stereocenters. The number of hydrogen-bond donors (Lipinski definition) is 1. The third kappa shape index (κ3) is 3.71. The molecule has 5 heteroatoms. The van der Waals surface area contributed by atoms with Crippen molar-refractivity contribution in [2.24, 2.45) is 0 Å².